The molecule has 0 saturated heterocycles. The Hall–Kier alpha value is -3.55. The van der Waals surface area contributed by atoms with Crippen LogP contribution in [-0.4, -0.2) is 35.9 Å². The van der Waals surface area contributed by atoms with Gasteiger partial charge in [0.05, 0.1) is 13.7 Å². The van der Waals surface area contributed by atoms with Crippen LogP contribution in [-0.2, 0) is 4.79 Å². The van der Waals surface area contributed by atoms with Gasteiger partial charge in [0.15, 0.2) is 17.6 Å². The molecule has 28 heavy (non-hydrogen) atoms. The highest BCUT2D eigenvalue weighted by Crippen LogP contribution is 2.27. The van der Waals surface area contributed by atoms with Crippen molar-refractivity contribution in [3.63, 3.8) is 0 Å². The zero-order valence-corrected chi connectivity index (χ0v) is 15.8. The predicted molar refractivity (Wildman–Crippen MR) is 103 cm³/mol. The lowest BCUT2D eigenvalue weighted by atomic mass is 10.2. The number of hydrogen-bond donors (Lipinski definition) is 1. The minimum Gasteiger partial charge on any atom is -0.494 e. The summed E-state index contributed by atoms with van der Waals surface area (Å²) in [7, 11) is 1.54. The number of rotatable bonds is 8. The summed E-state index contributed by atoms with van der Waals surface area (Å²) in [5, 5.41) is 6.36. The van der Waals surface area contributed by atoms with Gasteiger partial charge in [-0.05, 0) is 55.4 Å². The second-order valence-electron chi connectivity index (χ2n) is 5.78. The number of para-hydroxylation sites is 2. The van der Waals surface area contributed by atoms with Gasteiger partial charge in [-0.15, -0.1) is 0 Å². The predicted octanol–water partition coefficient (Wildman–Crippen LogP) is 3.55. The second-order valence-corrected chi connectivity index (χ2v) is 5.78. The van der Waals surface area contributed by atoms with Crippen LogP contribution in [0.2, 0.25) is 0 Å². The van der Waals surface area contributed by atoms with Gasteiger partial charge in [-0.3, -0.25) is 10.1 Å². The molecule has 0 spiro atoms. The zero-order valence-electron chi connectivity index (χ0n) is 15.8. The fourth-order valence-corrected chi connectivity index (χ4v) is 2.42. The van der Waals surface area contributed by atoms with Crippen LogP contribution in [0.1, 0.15) is 13.8 Å². The van der Waals surface area contributed by atoms with Crippen LogP contribution in [0.25, 0.3) is 11.5 Å². The topological polar surface area (TPSA) is 95.7 Å². The van der Waals surface area contributed by atoms with E-state index in [0.717, 1.165) is 11.3 Å². The minimum atomic E-state index is -0.788. The van der Waals surface area contributed by atoms with Crippen LogP contribution in [0.4, 0.5) is 5.95 Å². The molecule has 0 bridgehead atoms. The number of methoxy groups -OCH3 is 1. The van der Waals surface area contributed by atoms with E-state index in [4.69, 9.17) is 18.7 Å². The molecule has 0 aliphatic carbocycles. The van der Waals surface area contributed by atoms with Gasteiger partial charge in [0.1, 0.15) is 5.75 Å². The molecule has 8 nitrogen and oxygen atoms in total. The lowest BCUT2D eigenvalue weighted by Crippen LogP contribution is -2.30. The first-order valence-corrected chi connectivity index (χ1v) is 8.78. The van der Waals surface area contributed by atoms with Crippen molar-refractivity contribution >= 4 is 11.9 Å². The first-order chi connectivity index (χ1) is 13.6. The number of ether oxygens (including phenoxy) is 3. The number of nitrogens with one attached hydrogen (secondary N) is 1. The fourth-order valence-electron chi connectivity index (χ4n) is 2.42. The molecular formula is C20H21N3O5. The van der Waals surface area contributed by atoms with E-state index in [0.29, 0.717) is 18.1 Å². The van der Waals surface area contributed by atoms with Crippen molar-refractivity contribution in [3.05, 3.63) is 48.5 Å². The molecule has 0 aliphatic rings. The molecule has 3 rings (SSSR count). The summed E-state index contributed by atoms with van der Waals surface area (Å²) in [4.78, 5) is 16.6. The van der Waals surface area contributed by atoms with Gasteiger partial charge in [0.25, 0.3) is 17.7 Å². The molecule has 0 fully saturated rings. The fraction of sp³-hybridized carbons (Fsp3) is 0.250. The van der Waals surface area contributed by atoms with E-state index >= 15 is 0 Å². The van der Waals surface area contributed by atoms with E-state index in [1.54, 1.807) is 37.3 Å². The van der Waals surface area contributed by atoms with Gasteiger partial charge in [0.2, 0.25) is 0 Å². The quantitative estimate of drug-likeness (QED) is 0.635. The molecule has 0 radical (unpaired) electrons. The minimum absolute atomic E-state index is 0.0596. The van der Waals surface area contributed by atoms with Crippen LogP contribution >= 0.6 is 0 Å². The Morgan fingerprint density at radius 2 is 1.86 bits per heavy atom. The Morgan fingerprint density at radius 1 is 1.14 bits per heavy atom. The highest BCUT2D eigenvalue weighted by molar-refractivity contribution is 5.92. The monoisotopic (exact) mass is 383 g/mol. The van der Waals surface area contributed by atoms with Crippen molar-refractivity contribution in [3.8, 4) is 28.7 Å². The lowest BCUT2D eigenvalue weighted by Gasteiger charge is -2.15. The van der Waals surface area contributed by atoms with E-state index in [1.807, 2.05) is 25.1 Å². The van der Waals surface area contributed by atoms with Gasteiger partial charge in [-0.1, -0.05) is 12.1 Å². The highest BCUT2D eigenvalue weighted by atomic mass is 16.5. The lowest BCUT2D eigenvalue weighted by molar-refractivity contribution is -0.122. The summed E-state index contributed by atoms with van der Waals surface area (Å²) in [6.07, 6.45) is -0.788. The molecule has 1 aromatic heterocycles. The molecule has 146 valence electrons. The van der Waals surface area contributed by atoms with Crippen LogP contribution in [0.3, 0.4) is 0 Å². The summed E-state index contributed by atoms with van der Waals surface area (Å²) < 4.78 is 21.5. The van der Waals surface area contributed by atoms with Gasteiger partial charge in [0, 0.05) is 5.56 Å². The standard InChI is InChI=1S/C20H21N3O5/c1-4-26-15-11-9-14(10-12-15)19-22-20(23-28-19)21-18(24)13(2)27-17-8-6-5-7-16(17)25-3/h5-13H,4H2,1-3H3,(H,21,23,24)/t13-/m0/s1. The van der Waals surface area contributed by atoms with E-state index in [1.165, 1.54) is 7.11 Å². The number of hydrogen-bond acceptors (Lipinski definition) is 7. The zero-order chi connectivity index (χ0) is 19.9. The Balaban J connectivity index is 1.63. The highest BCUT2D eigenvalue weighted by Gasteiger charge is 2.19. The summed E-state index contributed by atoms with van der Waals surface area (Å²) in [6, 6.07) is 14.3. The number of carbonyl (C=O) groups is 1. The molecule has 2 aromatic carbocycles. The summed E-state index contributed by atoms with van der Waals surface area (Å²) in [5.74, 6) is 1.70. The van der Waals surface area contributed by atoms with Crippen molar-refractivity contribution in [1.82, 2.24) is 10.1 Å². The Bertz CT molecular complexity index is 924. The second kappa shape index (κ2) is 8.90. The smallest absolute Gasteiger partial charge is 0.270 e. The van der Waals surface area contributed by atoms with E-state index in [9.17, 15) is 4.79 Å². The SMILES string of the molecule is CCOc1ccc(-c2nc(NC(=O)[C@H](C)Oc3ccccc3OC)no2)cc1. The normalized spacial score (nSPS) is 11.5. The van der Waals surface area contributed by atoms with Crippen LogP contribution in [0.5, 0.6) is 17.2 Å². The Morgan fingerprint density at radius 3 is 2.54 bits per heavy atom. The summed E-state index contributed by atoms with van der Waals surface area (Å²) in [6.45, 7) is 4.12. The largest absolute Gasteiger partial charge is 0.494 e. The van der Waals surface area contributed by atoms with Crippen molar-refractivity contribution < 1.29 is 23.5 Å². The van der Waals surface area contributed by atoms with E-state index in [-0.39, 0.29) is 11.8 Å². The molecular weight excluding hydrogens is 362 g/mol. The maximum absolute atomic E-state index is 12.4. The molecule has 1 N–H and O–H groups in total. The maximum atomic E-state index is 12.4. The van der Waals surface area contributed by atoms with Crippen LogP contribution < -0.4 is 19.5 Å². The summed E-state index contributed by atoms with van der Waals surface area (Å²) in [5.41, 5.74) is 0.717. The molecule has 8 heteroatoms. The first kappa shape index (κ1) is 19.2. The van der Waals surface area contributed by atoms with Crippen LogP contribution in [0, 0.1) is 0 Å². The average Bonchev–Trinajstić information content (AvgIpc) is 3.17. The van der Waals surface area contributed by atoms with Gasteiger partial charge in [-0.2, -0.15) is 4.98 Å². The van der Waals surface area contributed by atoms with E-state index < -0.39 is 12.0 Å². The Labute approximate surface area is 162 Å². The number of aromatic nitrogens is 2. The van der Waals surface area contributed by atoms with Gasteiger partial charge in [-0.25, -0.2) is 0 Å². The van der Waals surface area contributed by atoms with Crippen molar-refractivity contribution in [1.29, 1.82) is 0 Å². The van der Waals surface area contributed by atoms with Crippen molar-refractivity contribution in [2.24, 2.45) is 0 Å². The molecule has 3 aromatic rings. The third kappa shape index (κ3) is 4.59. The van der Waals surface area contributed by atoms with E-state index in [2.05, 4.69) is 15.5 Å². The third-order valence-corrected chi connectivity index (χ3v) is 3.82. The molecule has 1 atom stereocenters. The molecule has 1 amide bonds. The maximum Gasteiger partial charge on any atom is 0.270 e. The Kier molecular flexibility index (Phi) is 6.11. The molecule has 0 unspecified atom stereocenters. The number of carbonyl (C=O) groups excluding carboxylic acids is 1. The third-order valence-electron chi connectivity index (χ3n) is 3.82. The molecule has 1 heterocycles. The van der Waals surface area contributed by atoms with Gasteiger partial charge >= 0.3 is 0 Å². The molecule has 0 saturated carbocycles. The summed E-state index contributed by atoms with van der Waals surface area (Å²) >= 11 is 0. The van der Waals surface area contributed by atoms with Crippen molar-refractivity contribution in [2.75, 3.05) is 19.0 Å². The number of benzene rings is 2. The number of anilines is 1. The van der Waals surface area contributed by atoms with Crippen LogP contribution in [0.15, 0.2) is 53.1 Å². The molecule has 0 aliphatic heterocycles. The number of nitrogens with zero attached hydrogens (tertiary/aromatic N) is 2. The van der Waals surface area contributed by atoms with Crippen molar-refractivity contribution in [2.45, 2.75) is 20.0 Å². The first-order valence-electron chi connectivity index (χ1n) is 8.78. The van der Waals surface area contributed by atoms with Gasteiger partial charge < -0.3 is 18.7 Å². The average molecular weight is 383 g/mol. The number of amides is 1.